The Kier molecular flexibility index (Phi) is 5.78. The number of carbonyl (C=O) groups is 1. The van der Waals surface area contributed by atoms with Crippen molar-refractivity contribution in [2.24, 2.45) is 5.92 Å². The van der Waals surface area contributed by atoms with Gasteiger partial charge >= 0.3 is 5.97 Å². The molecule has 18 heavy (non-hydrogen) atoms. The number of esters is 1. The molecule has 100 valence electrons. The molecule has 0 radical (unpaired) electrons. The van der Waals surface area contributed by atoms with Gasteiger partial charge in [0.15, 0.2) is 0 Å². The molecular formula is C14H22N2O2. The molecule has 0 bridgehead atoms. The second-order valence-electron chi connectivity index (χ2n) is 4.96. The fraction of sp³-hybridized carbons (Fsp3) is 0.571. The normalized spacial score (nSPS) is 12.5. The van der Waals surface area contributed by atoms with Gasteiger partial charge in [-0.1, -0.05) is 19.9 Å². The molecule has 4 heteroatoms. The highest BCUT2D eigenvalue weighted by molar-refractivity contribution is 5.75. The topological polar surface area (TPSA) is 51.2 Å². The first kappa shape index (κ1) is 14.6. The summed E-state index contributed by atoms with van der Waals surface area (Å²) >= 11 is 0. The zero-order valence-electron chi connectivity index (χ0n) is 11.6. The minimum Gasteiger partial charge on any atom is -0.468 e. The zero-order chi connectivity index (χ0) is 13.5. The Morgan fingerprint density at radius 1 is 1.44 bits per heavy atom. The molecule has 0 spiro atoms. The smallest absolute Gasteiger partial charge is 0.322 e. The maximum absolute atomic E-state index is 11.6. The summed E-state index contributed by atoms with van der Waals surface area (Å²) in [5, 5.41) is 3.23. The molecule has 1 heterocycles. The van der Waals surface area contributed by atoms with E-state index in [-0.39, 0.29) is 12.0 Å². The standard InChI is InChI=1S/C14H22N2O2/c1-10(2)5-13(14(17)18-4)16-9-12-6-11(3)7-15-8-12/h6-8,10,13,16H,5,9H2,1-4H3. The highest BCUT2D eigenvalue weighted by Gasteiger charge is 2.19. The lowest BCUT2D eigenvalue weighted by Gasteiger charge is -2.18. The van der Waals surface area contributed by atoms with Gasteiger partial charge in [0.05, 0.1) is 7.11 Å². The molecule has 0 aliphatic carbocycles. The zero-order valence-corrected chi connectivity index (χ0v) is 11.6. The number of hydrogen-bond donors (Lipinski definition) is 1. The third-order valence-corrected chi connectivity index (χ3v) is 2.68. The average Bonchev–Trinajstić information content (AvgIpc) is 2.33. The van der Waals surface area contributed by atoms with Crippen LogP contribution in [0, 0.1) is 12.8 Å². The van der Waals surface area contributed by atoms with E-state index in [1.807, 2.05) is 19.3 Å². The van der Waals surface area contributed by atoms with Crippen LogP contribution >= 0.6 is 0 Å². The summed E-state index contributed by atoms with van der Waals surface area (Å²) in [4.78, 5) is 15.8. The molecule has 4 nitrogen and oxygen atoms in total. The molecule has 1 N–H and O–H groups in total. The van der Waals surface area contributed by atoms with Crippen LogP contribution in [0.2, 0.25) is 0 Å². The first-order valence-electron chi connectivity index (χ1n) is 6.24. The van der Waals surface area contributed by atoms with Crippen LogP contribution in [0.1, 0.15) is 31.4 Å². The molecule has 0 saturated heterocycles. The van der Waals surface area contributed by atoms with Crippen molar-refractivity contribution >= 4 is 5.97 Å². The number of nitrogens with zero attached hydrogens (tertiary/aromatic N) is 1. The third kappa shape index (κ3) is 4.84. The SMILES string of the molecule is COC(=O)C(CC(C)C)NCc1cncc(C)c1. The lowest BCUT2D eigenvalue weighted by atomic mass is 10.0. The molecule has 0 amide bonds. The molecule has 0 fully saturated rings. The maximum atomic E-state index is 11.6. The summed E-state index contributed by atoms with van der Waals surface area (Å²) in [6.45, 7) is 6.81. The fourth-order valence-electron chi connectivity index (χ4n) is 1.83. The van der Waals surface area contributed by atoms with E-state index < -0.39 is 0 Å². The van der Waals surface area contributed by atoms with E-state index in [9.17, 15) is 4.79 Å². The number of carbonyl (C=O) groups excluding carboxylic acids is 1. The average molecular weight is 250 g/mol. The van der Waals surface area contributed by atoms with Crippen LogP contribution in [-0.4, -0.2) is 24.1 Å². The van der Waals surface area contributed by atoms with Crippen molar-refractivity contribution < 1.29 is 9.53 Å². The van der Waals surface area contributed by atoms with Crippen LogP contribution in [0.15, 0.2) is 18.5 Å². The van der Waals surface area contributed by atoms with Gasteiger partial charge in [0.2, 0.25) is 0 Å². The lowest BCUT2D eigenvalue weighted by molar-refractivity contribution is -0.143. The number of hydrogen-bond acceptors (Lipinski definition) is 4. The Balaban J connectivity index is 2.58. The minimum absolute atomic E-state index is 0.204. The van der Waals surface area contributed by atoms with Crippen molar-refractivity contribution in [3.63, 3.8) is 0 Å². The lowest BCUT2D eigenvalue weighted by Crippen LogP contribution is -2.38. The molecule has 1 aromatic heterocycles. The molecule has 1 aromatic rings. The molecule has 0 aromatic carbocycles. The van der Waals surface area contributed by atoms with Gasteiger partial charge in [-0.15, -0.1) is 0 Å². The Hall–Kier alpha value is -1.42. The van der Waals surface area contributed by atoms with Gasteiger partial charge in [-0.3, -0.25) is 9.78 Å². The first-order chi connectivity index (χ1) is 8.52. The number of aryl methyl sites for hydroxylation is 1. The van der Waals surface area contributed by atoms with Crippen molar-refractivity contribution in [2.75, 3.05) is 7.11 Å². The van der Waals surface area contributed by atoms with Crippen LogP contribution in [0.5, 0.6) is 0 Å². The summed E-state index contributed by atoms with van der Waals surface area (Å²) in [6, 6.07) is 1.81. The molecule has 1 unspecified atom stereocenters. The van der Waals surface area contributed by atoms with Crippen molar-refractivity contribution in [1.29, 1.82) is 0 Å². The van der Waals surface area contributed by atoms with E-state index in [1.165, 1.54) is 7.11 Å². The van der Waals surface area contributed by atoms with Crippen molar-refractivity contribution in [1.82, 2.24) is 10.3 Å². The van der Waals surface area contributed by atoms with Crippen LogP contribution in [0.3, 0.4) is 0 Å². The molecular weight excluding hydrogens is 228 g/mol. The van der Waals surface area contributed by atoms with Gasteiger partial charge in [0, 0.05) is 18.9 Å². The Morgan fingerprint density at radius 2 is 2.17 bits per heavy atom. The monoisotopic (exact) mass is 250 g/mol. The highest BCUT2D eigenvalue weighted by Crippen LogP contribution is 2.08. The van der Waals surface area contributed by atoms with E-state index in [4.69, 9.17) is 4.74 Å². The fourth-order valence-corrected chi connectivity index (χ4v) is 1.83. The van der Waals surface area contributed by atoms with E-state index >= 15 is 0 Å². The van der Waals surface area contributed by atoms with Gasteiger partial charge in [0.1, 0.15) is 6.04 Å². The summed E-state index contributed by atoms with van der Waals surface area (Å²) < 4.78 is 4.81. The Morgan fingerprint density at radius 3 is 2.72 bits per heavy atom. The molecule has 1 rings (SSSR count). The largest absolute Gasteiger partial charge is 0.468 e. The highest BCUT2D eigenvalue weighted by atomic mass is 16.5. The third-order valence-electron chi connectivity index (χ3n) is 2.68. The number of nitrogens with one attached hydrogen (secondary N) is 1. The van der Waals surface area contributed by atoms with Gasteiger partial charge in [-0.2, -0.15) is 0 Å². The van der Waals surface area contributed by atoms with Crippen molar-refractivity contribution in [2.45, 2.75) is 39.8 Å². The van der Waals surface area contributed by atoms with Crippen LogP contribution in [0.25, 0.3) is 0 Å². The number of pyridine rings is 1. The van der Waals surface area contributed by atoms with Gasteiger partial charge in [0.25, 0.3) is 0 Å². The Bertz CT molecular complexity index is 391. The van der Waals surface area contributed by atoms with E-state index in [0.29, 0.717) is 12.5 Å². The number of ether oxygens (including phenoxy) is 1. The van der Waals surface area contributed by atoms with Gasteiger partial charge < -0.3 is 10.1 Å². The minimum atomic E-state index is -0.254. The van der Waals surface area contributed by atoms with Crippen molar-refractivity contribution in [3.05, 3.63) is 29.6 Å². The number of methoxy groups -OCH3 is 1. The maximum Gasteiger partial charge on any atom is 0.322 e. The Labute approximate surface area is 109 Å². The van der Waals surface area contributed by atoms with Crippen molar-refractivity contribution in [3.8, 4) is 0 Å². The van der Waals surface area contributed by atoms with E-state index in [2.05, 4.69) is 30.2 Å². The molecule has 1 atom stereocenters. The summed E-state index contributed by atoms with van der Waals surface area (Å²) in [7, 11) is 1.42. The van der Waals surface area contributed by atoms with Gasteiger partial charge in [-0.25, -0.2) is 0 Å². The number of aromatic nitrogens is 1. The van der Waals surface area contributed by atoms with Gasteiger partial charge in [-0.05, 0) is 30.4 Å². The second-order valence-corrected chi connectivity index (χ2v) is 4.96. The first-order valence-corrected chi connectivity index (χ1v) is 6.24. The molecule has 0 aliphatic rings. The number of rotatable bonds is 6. The van der Waals surface area contributed by atoms with E-state index in [1.54, 1.807) is 0 Å². The quantitative estimate of drug-likeness (QED) is 0.785. The molecule has 0 aliphatic heterocycles. The molecule has 0 saturated carbocycles. The summed E-state index contributed by atoms with van der Waals surface area (Å²) in [5.41, 5.74) is 2.19. The predicted molar refractivity (Wildman–Crippen MR) is 71.1 cm³/mol. The summed E-state index contributed by atoms with van der Waals surface area (Å²) in [5.74, 6) is 0.238. The van der Waals surface area contributed by atoms with Crippen LogP contribution < -0.4 is 5.32 Å². The van der Waals surface area contributed by atoms with E-state index in [0.717, 1.165) is 17.5 Å². The van der Waals surface area contributed by atoms with Crippen LogP contribution in [0.4, 0.5) is 0 Å². The van der Waals surface area contributed by atoms with Crippen LogP contribution in [-0.2, 0) is 16.1 Å². The predicted octanol–water partition coefficient (Wildman–Crippen LogP) is 2.07. The second kappa shape index (κ2) is 7.11. The summed E-state index contributed by atoms with van der Waals surface area (Å²) in [6.07, 6.45) is 4.39.